The largest absolute Gasteiger partial charge is 0.352 e. The molecule has 0 radical (unpaired) electrons. The number of aryl methyl sites for hydroxylation is 4. The molecular weight excluding hydrogens is 1280 g/mol. The molecule has 7 aromatic rings. The lowest BCUT2D eigenvalue weighted by Crippen LogP contribution is -2.25. The summed E-state index contributed by atoms with van der Waals surface area (Å²) in [5, 5.41) is 0. The van der Waals surface area contributed by atoms with Gasteiger partial charge in [0.15, 0.2) is 49.6 Å². The molecule has 2 aliphatic heterocycles. The van der Waals surface area contributed by atoms with E-state index in [0.29, 0.717) is 0 Å². The van der Waals surface area contributed by atoms with E-state index in [1.165, 1.54) is 0 Å². The Kier molecular flexibility index (Phi) is 11.7. The first-order valence-electron chi connectivity index (χ1n) is 18.2. The van der Waals surface area contributed by atoms with Crippen molar-refractivity contribution in [1.29, 1.82) is 0 Å². The van der Waals surface area contributed by atoms with Crippen LogP contribution >= 0.6 is 127 Å². The van der Waals surface area contributed by atoms with Crippen LogP contribution in [0.3, 0.4) is 0 Å². The van der Waals surface area contributed by atoms with Crippen molar-refractivity contribution < 1.29 is 18.3 Å². The average Bonchev–Trinajstić information content (AvgIpc) is 3.89. The first kappa shape index (κ1) is 42.3. The van der Waals surface area contributed by atoms with Crippen LogP contribution in [-0.2, 0) is 28.2 Å². The number of hydrogen-bond donors (Lipinski definition) is 2. The molecule has 0 unspecified atom stereocenters. The fourth-order valence-corrected chi connectivity index (χ4v) is 11.2. The van der Waals surface area contributed by atoms with E-state index >= 15 is 0 Å². The Morgan fingerprint density at radius 2 is 0.550 bits per heavy atom. The van der Waals surface area contributed by atoms with Gasteiger partial charge in [0.05, 0.1) is 80.7 Å². The molecule has 8 bridgehead atoms. The first-order chi connectivity index (χ1) is 28.7. The molecule has 2 aliphatic rings. The van der Waals surface area contributed by atoms with Gasteiger partial charge in [-0.15, -0.1) is 0 Å². The number of aromatic nitrogens is 8. The van der Waals surface area contributed by atoms with Crippen LogP contribution in [0.5, 0.6) is 0 Å². The Balaban J connectivity index is 1.62. The van der Waals surface area contributed by atoms with Gasteiger partial charge in [0, 0.05) is 70.8 Å². The van der Waals surface area contributed by atoms with Gasteiger partial charge in [-0.05, 0) is 150 Å². The van der Waals surface area contributed by atoms with Crippen molar-refractivity contribution in [3.63, 3.8) is 0 Å². The molecule has 2 N–H and O–H groups in total. The van der Waals surface area contributed by atoms with Crippen LogP contribution in [0.15, 0.2) is 116 Å². The van der Waals surface area contributed by atoms with E-state index in [4.69, 9.17) is 9.97 Å². The zero-order valence-corrected chi connectivity index (χ0v) is 44.6. The smallest absolute Gasteiger partial charge is 0.169 e. The second kappa shape index (κ2) is 16.6. The quantitative estimate of drug-likeness (QED) is 0.172. The maximum absolute atomic E-state index is 5.57. The molecule has 60 heavy (non-hydrogen) atoms. The molecule has 16 heteroatoms. The monoisotopic (exact) mass is 1300 g/mol. The van der Waals surface area contributed by atoms with Gasteiger partial charge in [0.2, 0.25) is 0 Å². The third-order valence-electron chi connectivity index (χ3n) is 10.4. The second-order valence-corrected chi connectivity index (χ2v) is 20.7. The summed E-state index contributed by atoms with van der Waals surface area (Å²) in [4.78, 5) is 18.9. The van der Waals surface area contributed by atoms with E-state index in [0.717, 1.165) is 125 Å². The molecule has 0 saturated heterocycles. The maximum Gasteiger partial charge on any atom is 0.169 e. The number of halogens is 8. The summed E-state index contributed by atoms with van der Waals surface area (Å²) in [6, 6.07) is 16.9. The highest BCUT2D eigenvalue weighted by atomic mass is 79.9. The lowest BCUT2D eigenvalue weighted by Gasteiger charge is -2.07. The van der Waals surface area contributed by atoms with Crippen molar-refractivity contribution in [2.24, 2.45) is 28.2 Å². The summed E-state index contributed by atoms with van der Waals surface area (Å²) < 4.78 is 14.7. The molecule has 0 aromatic carbocycles. The molecule has 298 valence electrons. The van der Waals surface area contributed by atoms with E-state index in [1.807, 2.05) is 83.6 Å². The van der Waals surface area contributed by atoms with Crippen LogP contribution < -0.4 is 18.3 Å². The molecule has 0 aliphatic carbocycles. The Morgan fingerprint density at radius 3 is 0.833 bits per heavy atom. The van der Waals surface area contributed by atoms with Crippen LogP contribution in [0.4, 0.5) is 0 Å². The summed E-state index contributed by atoms with van der Waals surface area (Å²) in [5.41, 5.74) is 13.7. The van der Waals surface area contributed by atoms with Crippen LogP contribution in [0.1, 0.15) is 22.8 Å². The van der Waals surface area contributed by atoms with Crippen molar-refractivity contribution in [3.8, 4) is 44.5 Å². The molecule has 0 amide bonds. The minimum Gasteiger partial charge on any atom is -0.352 e. The third-order valence-corrected chi connectivity index (χ3v) is 18.8. The summed E-state index contributed by atoms with van der Waals surface area (Å²) in [7, 11) is 8.05. The lowest BCUT2D eigenvalue weighted by atomic mass is 10.0. The normalized spacial score (nSPS) is 12.9. The van der Waals surface area contributed by atoms with Crippen molar-refractivity contribution in [2.45, 2.75) is 0 Å². The van der Waals surface area contributed by atoms with Gasteiger partial charge in [-0.25, -0.2) is 28.2 Å². The average molecular weight is 1310 g/mol. The molecule has 0 spiro atoms. The molecule has 0 fully saturated rings. The predicted molar refractivity (Wildman–Crippen MR) is 268 cm³/mol. The van der Waals surface area contributed by atoms with E-state index < -0.39 is 0 Å². The summed E-state index contributed by atoms with van der Waals surface area (Å²) in [6.07, 6.45) is 16.4. The van der Waals surface area contributed by atoms with Gasteiger partial charge >= 0.3 is 0 Å². The number of nitrogens with zero attached hydrogens (tertiary/aromatic N) is 6. The number of H-pyrrole nitrogens is 2. The first-order valence-corrected chi connectivity index (χ1v) is 24.6. The van der Waals surface area contributed by atoms with Crippen LogP contribution in [0.2, 0.25) is 0 Å². The fourth-order valence-electron chi connectivity index (χ4n) is 7.36. The van der Waals surface area contributed by atoms with Crippen molar-refractivity contribution >= 4 is 167 Å². The SMILES string of the molecule is C[n+]1ccc(-c2c3nc(c(-c4cc[n+](C)cc4)c4[nH]c(c(Br)c4Br)c(-c4cc[n+](C)cc4)c4[nH]c(c(Br)c4Br)c(-c4cc[n+](C)cc4)c4nc2C(Br)=C4Br)C(Br)=C3Br)cc1. The van der Waals surface area contributed by atoms with Gasteiger partial charge < -0.3 is 9.97 Å². The van der Waals surface area contributed by atoms with Gasteiger partial charge in [0.25, 0.3) is 0 Å². The van der Waals surface area contributed by atoms with Crippen molar-refractivity contribution in [2.75, 3.05) is 0 Å². The lowest BCUT2D eigenvalue weighted by molar-refractivity contribution is -0.671. The van der Waals surface area contributed by atoms with Crippen LogP contribution in [0.25, 0.3) is 84.5 Å². The van der Waals surface area contributed by atoms with Gasteiger partial charge in [0.1, 0.15) is 28.2 Å². The fraction of sp³-hybridized carbons (Fsp3) is 0.0909. The van der Waals surface area contributed by atoms with E-state index in [9.17, 15) is 0 Å². The number of pyridine rings is 4. The molecule has 8 nitrogen and oxygen atoms in total. The topological polar surface area (TPSA) is 72.9 Å². The number of rotatable bonds is 4. The van der Waals surface area contributed by atoms with E-state index in [-0.39, 0.29) is 0 Å². The number of nitrogens with one attached hydrogen (secondary N) is 2. The second-order valence-electron chi connectivity index (χ2n) is 14.4. The molecule has 0 atom stereocenters. The Bertz CT molecular complexity index is 3020. The minimum atomic E-state index is 0.722. The maximum atomic E-state index is 5.57. The highest BCUT2D eigenvalue weighted by Crippen LogP contribution is 2.53. The standard InChI is InChI=1S/C44H29Br8N8/c1-57-13-5-21(6-14-57)25-37-29(45)31(47)39(53-37)26(22-7-15-58(2)16-8-22)41-33(49)35(51)43(55-41)28(24-11-19-60(4)20-12-24)44-36(52)34(50)42(56-44)27(23-9-17-59(3)18-10-23)40-32(48)30(46)38(25)54-40/h5-20H,1-4H3,(H,53,54,55,56)/q+3/p+1. The number of hydrogen-bond acceptors (Lipinski definition) is 2. The van der Waals surface area contributed by atoms with Crippen LogP contribution in [0, 0.1) is 0 Å². The number of fused-ring (bicyclic) bond motifs is 8. The number of aromatic amines is 2. The summed E-state index contributed by atoms with van der Waals surface area (Å²) in [5.74, 6) is 0. The van der Waals surface area contributed by atoms with Crippen molar-refractivity contribution in [3.05, 3.63) is 139 Å². The highest BCUT2D eigenvalue weighted by molar-refractivity contribution is 9.18. The minimum absolute atomic E-state index is 0.722. The third kappa shape index (κ3) is 7.24. The van der Waals surface area contributed by atoms with E-state index in [2.05, 4.69) is 198 Å². The molecule has 9 rings (SSSR count). The van der Waals surface area contributed by atoms with Crippen LogP contribution in [-0.4, -0.2) is 19.9 Å². The summed E-state index contributed by atoms with van der Waals surface area (Å²) >= 11 is 32.4. The predicted octanol–water partition coefficient (Wildman–Crippen LogP) is 12.6. The summed E-state index contributed by atoms with van der Waals surface area (Å²) in [6.45, 7) is 0. The Hall–Kier alpha value is -2.96. The molecular formula is C44H30Br8N8+4. The highest BCUT2D eigenvalue weighted by Gasteiger charge is 2.32. The van der Waals surface area contributed by atoms with Gasteiger partial charge in [-0.1, -0.05) is 0 Å². The van der Waals surface area contributed by atoms with E-state index in [1.54, 1.807) is 0 Å². The van der Waals surface area contributed by atoms with Gasteiger partial charge in [-0.3, -0.25) is 0 Å². The zero-order valence-electron chi connectivity index (χ0n) is 31.9. The molecule has 0 saturated carbocycles. The Morgan fingerprint density at radius 1 is 0.333 bits per heavy atom. The molecule has 9 heterocycles. The Labute approximate surface area is 412 Å². The zero-order chi connectivity index (χ0) is 42.3. The van der Waals surface area contributed by atoms with Crippen molar-refractivity contribution in [1.82, 2.24) is 19.9 Å². The molecule has 7 aromatic heterocycles. The van der Waals surface area contributed by atoms with Gasteiger partial charge in [-0.2, -0.15) is 0 Å².